The Morgan fingerprint density at radius 3 is 2.78 bits per heavy atom. The topological polar surface area (TPSA) is 56.2 Å². The summed E-state index contributed by atoms with van der Waals surface area (Å²) < 4.78 is 3.03. The summed E-state index contributed by atoms with van der Waals surface area (Å²) in [6.45, 7) is 2.29. The highest BCUT2D eigenvalue weighted by molar-refractivity contribution is 9.10. The second-order valence-electron chi connectivity index (χ2n) is 5.44. The number of nitrogens with two attached hydrogens (primary N) is 1. The van der Waals surface area contributed by atoms with E-state index in [-0.39, 0.29) is 5.54 Å². The Kier molecular flexibility index (Phi) is 2.90. The van der Waals surface area contributed by atoms with E-state index in [0.717, 1.165) is 34.7 Å². The summed E-state index contributed by atoms with van der Waals surface area (Å²) in [5.74, 6) is 1.67. The van der Waals surface area contributed by atoms with Crippen molar-refractivity contribution in [3.8, 4) is 0 Å². The third-order valence-corrected chi connectivity index (χ3v) is 4.45. The van der Waals surface area contributed by atoms with Crippen molar-refractivity contribution in [1.29, 1.82) is 0 Å². The Morgan fingerprint density at radius 1 is 1.33 bits per heavy atom. The first-order chi connectivity index (χ1) is 8.58. The summed E-state index contributed by atoms with van der Waals surface area (Å²) in [5.41, 5.74) is 7.10. The van der Waals surface area contributed by atoms with Gasteiger partial charge in [-0.2, -0.15) is 0 Å². The molecule has 0 bridgehead atoms. The van der Waals surface area contributed by atoms with Gasteiger partial charge in [0.2, 0.25) is 0 Å². The van der Waals surface area contributed by atoms with Crippen LogP contribution in [0.4, 0.5) is 0 Å². The number of rotatable bonds is 1. The highest BCUT2D eigenvalue weighted by Crippen LogP contribution is 2.36. The van der Waals surface area contributed by atoms with Crippen LogP contribution >= 0.6 is 15.9 Å². The van der Waals surface area contributed by atoms with Crippen molar-refractivity contribution in [2.24, 2.45) is 11.7 Å². The van der Waals surface area contributed by atoms with E-state index in [1.54, 1.807) is 0 Å². The molecule has 4 nitrogen and oxygen atoms in total. The molecule has 1 saturated carbocycles. The molecular weight excluding hydrogens is 292 g/mol. The molecule has 0 saturated heterocycles. The fourth-order valence-corrected chi connectivity index (χ4v) is 3.04. The maximum atomic E-state index is 6.56. The van der Waals surface area contributed by atoms with Crippen LogP contribution in [0.3, 0.4) is 0 Å². The van der Waals surface area contributed by atoms with Crippen LogP contribution in [0.2, 0.25) is 0 Å². The Labute approximate surface area is 115 Å². The van der Waals surface area contributed by atoms with E-state index in [0.29, 0.717) is 0 Å². The van der Waals surface area contributed by atoms with E-state index < -0.39 is 0 Å². The van der Waals surface area contributed by atoms with Gasteiger partial charge in [-0.1, -0.05) is 6.92 Å². The molecule has 5 heteroatoms. The zero-order valence-corrected chi connectivity index (χ0v) is 12.0. The number of pyridine rings is 1. The quantitative estimate of drug-likeness (QED) is 0.881. The monoisotopic (exact) mass is 308 g/mol. The average molecular weight is 309 g/mol. The SMILES string of the molecule is CC1CCC(N)(c2nnc3ccc(Br)cn23)CC1. The molecule has 0 atom stereocenters. The van der Waals surface area contributed by atoms with Gasteiger partial charge in [0.05, 0.1) is 5.54 Å². The number of fused-ring (bicyclic) bond motifs is 1. The van der Waals surface area contributed by atoms with E-state index >= 15 is 0 Å². The van der Waals surface area contributed by atoms with Crippen molar-refractivity contribution in [3.05, 3.63) is 28.6 Å². The Morgan fingerprint density at radius 2 is 2.06 bits per heavy atom. The minimum absolute atomic E-state index is 0.327. The summed E-state index contributed by atoms with van der Waals surface area (Å²) in [7, 11) is 0. The molecular formula is C13H17BrN4. The lowest BCUT2D eigenvalue weighted by molar-refractivity contribution is 0.235. The lowest BCUT2D eigenvalue weighted by Gasteiger charge is -2.34. The minimum Gasteiger partial charge on any atom is -0.319 e. The van der Waals surface area contributed by atoms with Gasteiger partial charge in [0.25, 0.3) is 0 Å². The molecule has 0 amide bonds. The first kappa shape index (κ1) is 12.1. The maximum absolute atomic E-state index is 6.56. The molecule has 0 aliphatic heterocycles. The summed E-state index contributed by atoms with van der Waals surface area (Å²) in [5, 5.41) is 8.54. The molecule has 0 radical (unpaired) electrons. The zero-order chi connectivity index (χ0) is 12.8. The van der Waals surface area contributed by atoms with Crippen molar-refractivity contribution >= 4 is 21.6 Å². The third kappa shape index (κ3) is 1.95. The fraction of sp³-hybridized carbons (Fsp3) is 0.538. The van der Waals surface area contributed by atoms with Crippen molar-refractivity contribution in [2.45, 2.75) is 38.1 Å². The molecule has 2 aromatic heterocycles. The average Bonchev–Trinajstić information content (AvgIpc) is 2.77. The van der Waals surface area contributed by atoms with Gasteiger partial charge in [-0.3, -0.25) is 4.40 Å². The van der Waals surface area contributed by atoms with Gasteiger partial charge in [-0.25, -0.2) is 0 Å². The van der Waals surface area contributed by atoms with Crippen LogP contribution in [-0.2, 0) is 5.54 Å². The van der Waals surface area contributed by atoms with Gasteiger partial charge < -0.3 is 5.73 Å². The van der Waals surface area contributed by atoms with Crippen LogP contribution in [0.5, 0.6) is 0 Å². The highest BCUT2D eigenvalue weighted by Gasteiger charge is 2.35. The summed E-state index contributed by atoms with van der Waals surface area (Å²) in [4.78, 5) is 0. The standard InChI is InChI=1S/C13H17BrN4/c1-9-4-6-13(15,7-5-9)12-17-16-11-3-2-10(14)8-18(11)12/h2-3,8-9H,4-7,15H2,1H3. The Hall–Kier alpha value is -0.940. The van der Waals surface area contributed by atoms with Crippen LogP contribution in [0.1, 0.15) is 38.4 Å². The van der Waals surface area contributed by atoms with Crippen molar-refractivity contribution < 1.29 is 0 Å². The zero-order valence-electron chi connectivity index (χ0n) is 10.4. The molecule has 2 aromatic rings. The molecule has 96 valence electrons. The van der Waals surface area contributed by atoms with E-state index in [2.05, 4.69) is 33.1 Å². The molecule has 1 fully saturated rings. The predicted molar refractivity (Wildman–Crippen MR) is 74.2 cm³/mol. The molecule has 18 heavy (non-hydrogen) atoms. The van der Waals surface area contributed by atoms with Crippen LogP contribution in [-0.4, -0.2) is 14.6 Å². The van der Waals surface area contributed by atoms with E-state index in [1.165, 1.54) is 12.8 Å². The normalized spacial score (nSPS) is 28.7. The molecule has 0 unspecified atom stereocenters. The first-order valence-electron chi connectivity index (χ1n) is 6.38. The molecule has 2 heterocycles. The van der Waals surface area contributed by atoms with Gasteiger partial charge in [0, 0.05) is 10.7 Å². The van der Waals surface area contributed by atoms with Crippen molar-refractivity contribution in [3.63, 3.8) is 0 Å². The number of aromatic nitrogens is 3. The Bertz CT molecular complexity index is 569. The van der Waals surface area contributed by atoms with Crippen LogP contribution in [0, 0.1) is 5.92 Å². The second kappa shape index (κ2) is 4.31. The fourth-order valence-electron chi connectivity index (χ4n) is 2.71. The van der Waals surface area contributed by atoms with Gasteiger partial charge in [0.1, 0.15) is 0 Å². The first-order valence-corrected chi connectivity index (χ1v) is 7.17. The summed E-state index contributed by atoms with van der Waals surface area (Å²) in [6.07, 6.45) is 6.30. The second-order valence-corrected chi connectivity index (χ2v) is 6.35. The van der Waals surface area contributed by atoms with E-state index in [9.17, 15) is 0 Å². The largest absolute Gasteiger partial charge is 0.319 e. The molecule has 1 aliphatic carbocycles. The van der Waals surface area contributed by atoms with Crippen molar-refractivity contribution in [1.82, 2.24) is 14.6 Å². The molecule has 1 aliphatic rings. The summed E-state index contributed by atoms with van der Waals surface area (Å²) in [6, 6.07) is 3.93. The number of hydrogen-bond acceptors (Lipinski definition) is 3. The van der Waals surface area contributed by atoms with Crippen LogP contribution in [0.25, 0.3) is 5.65 Å². The number of halogens is 1. The number of hydrogen-bond donors (Lipinski definition) is 1. The Balaban J connectivity index is 2.06. The highest BCUT2D eigenvalue weighted by atomic mass is 79.9. The third-order valence-electron chi connectivity index (χ3n) is 3.98. The lowest BCUT2D eigenvalue weighted by atomic mass is 9.77. The van der Waals surface area contributed by atoms with Crippen molar-refractivity contribution in [2.75, 3.05) is 0 Å². The predicted octanol–water partition coefficient (Wildman–Crippen LogP) is 2.86. The maximum Gasteiger partial charge on any atom is 0.160 e. The van der Waals surface area contributed by atoms with Gasteiger partial charge >= 0.3 is 0 Å². The van der Waals surface area contributed by atoms with Crippen LogP contribution in [0.15, 0.2) is 22.8 Å². The molecule has 2 N–H and O–H groups in total. The molecule has 0 spiro atoms. The van der Waals surface area contributed by atoms with Crippen LogP contribution < -0.4 is 5.73 Å². The smallest absolute Gasteiger partial charge is 0.160 e. The van der Waals surface area contributed by atoms with Gasteiger partial charge in [-0.15, -0.1) is 10.2 Å². The molecule has 3 rings (SSSR count). The number of nitrogens with zero attached hydrogens (tertiary/aromatic N) is 3. The van der Waals surface area contributed by atoms with E-state index in [1.807, 2.05) is 22.7 Å². The van der Waals surface area contributed by atoms with Gasteiger partial charge in [0.15, 0.2) is 11.5 Å². The van der Waals surface area contributed by atoms with E-state index in [4.69, 9.17) is 5.73 Å². The summed E-state index contributed by atoms with van der Waals surface area (Å²) >= 11 is 3.49. The molecule has 0 aromatic carbocycles. The minimum atomic E-state index is -0.327. The van der Waals surface area contributed by atoms with Gasteiger partial charge in [-0.05, 0) is 59.7 Å². The lowest BCUT2D eigenvalue weighted by Crippen LogP contribution is -2.41.